The van der Waals surface area contributed by atoms with E-state index < -0.39 is 0 Å². The largest absolute Gasteiger partial charge is 0.366 e. The van der Waals surface area contributed by atoms with Crippen molar-refractivity contribution >= 4 is 39.8 Å². The van der Waals surface area contributed by atoms with Gasteiger partial charge >= 0.3 is 0 Å². The number of rotatable bonds is 4. The number of piperazine rings is 1. The highest BCUT2D eigenvalue weighted by atomic mass is 35.5. The molecule has 1 aliphatic heterocycles. The maximum absolute atomic E-state index is 12.8. The van der Waals surface area contributed by atoms with Crippen LogP contribution in [0.2, 0.25) is 10.0 Å². The molecule has 3 heterocycles. The summed E-state index contributed by atoms with van der Waals surface area (Å²) in [5, 5.41) is 5.61. The molecule has 8 nitrogen and oxygen atoms in total. The summed E-state index contributed by atoms with van der Waals surface area (Å²) in [6, 6.07) is 14.1. The molecule has 0 radical (unpaired) electrons. The Morgan fingerprint density at radius 1 is 0.939 bits per heavy atom. The number of H-pyrrole nitrogens is 1. The highest BCUT2D eigenvalue weighted by Gasteiger charge is 2.22. The SMILES string of the molecule is O=c1[nH]c(CN2CCN(c3cnn(-c4ccc(Cl)cc4)c(=O)c3Cl)CC2)nc2ccccc12. The van der Waals surface area contributed by atoms with E-state index in [1.54, 1.807) is 36.5 Å². The van der Waals surface area contributed by atoms with Gasteiger partial charge in [-0.2, -0.15) is 9.78 Å². The molecule has 1 aliphatic rings. The van der Waals surface area contributed by atoms with Crippen molar-refractivity contribution in [3.8, 4) is 5.69 Å². The van der Waals surface area contributed by atoms with Gasteiger partial charge in [-0.25, -0.2) is 4.98 Å². The Kier molecular flexibility index (Phi) is 5.88. The number of hydrogen-bond donors (Lipinski definition) is 1. The molecule has 2 aromatic carbocycles. The monoisotopic (exact) mass is 482 g/mol. The van der Waals surface area contributed by atoms with Gasteiger partial charge in [0.25, 0.3) is 11.1 Å². The molecule has 5 rings (SSSR count). The lowest BCUT2D eigenvalue weighted by Gasteiger charge is -2.35. The first-order chi connectivity index (χ1) is 16.0. The van der Waals surface area contributed by atoms with Crippen LogP contribution in [0.15, 0.2) is 64.3 Å². The van der Waals surface area contributed by atoms with E-state index in [9.17, 15) is 9.59 Å². The van der Waals surface area contributed by atoms with Gasteiger partial charge in [0, 0.05) is 31.2 Å². The minimum absolute atomic E-state index is 0.131. The van der Waals surface area contributed by atoms with Gasteiger partial charge in [-0.1, -0.05) is 35.3 Å². The fourth-order valence-electron chi connectivity index (χ4n) is 3.98. The van der Waals surface area contributed by atoms with Crippen molar-refractivity contribution in [3.05, 3.63) is 91.3 Å². The summed E-state index contributed by atoms with van der Waals surface area (Å²) in [5.74, 6) is 0.636. The van der Waals surface area contributed by atoms with Gasteiger partial charge in [0.2, 0.25) is 0 Å². The van der Waals surface area contributed by atoms with E-state index in [2.05, 4.69) is 24.9 Å². The van der Waals surface area contributed by atoms with Gasteiger partial charge in [0.1, 0.15) is 10.8 Å². The summed E-state index contributed by atoms with van der Waals surface area (Å²) in [6.07, 6.45) is 1.62. The van der Waals surface area contributed by atoms with Crippen molar-refractivity contribution in [1.82, 2.24) is 24.6 Å². The van der Waals surface area contributed by atoms with E-state index in [0.717, 1.165) is 13.1 Å². The lowest BCUT2D eigenvalue weighted by atomic mass is 10.2. The van der Waals surface area contributed by atoms with Crippen LogP contribution in [0.4, 0.5) is 5.69 Å². The normalized spacial score (nSPS) is 14.7. The Bertz CT molecular complexity index is 1430. The maximum atomic E-state index is 12.8. The summed E-state index contributed by atoms with van der Waals surface area (Å²) in [6.45, 7) is 3.34. The number of nitrogens with one attached hydrogen (secondary N) is 1. The van der Waals surface area contributed by atoms with Gasteiger partial charge in [-0.15, -0.1) is 0 Å². The van der Waals surface area contributed by atoms with Crippen LogP contribution < -0.4 is 16.0 Å². The molecule has 168 valence electrons. The molecule has 0 amide bonds. The van der Waals surface area contributed by atoms with Crippen molar-refractivity contribution in [3.63, 3.8) is 0 Å². The van der Waals surface area contributed by atoms with Crippen LogP contribution in [0.3, 0.4) is 0 Å². The number of hydrogen-bond acceptors (Lipinski definition) is 6. The van der Waals surface area contributed by atoms with Crippen LogP contribution in [0.1, 0.15) is 5.82 Å². The van der Waals surface area contributed by atoms with Crippen molar-refractivity contribution < 1.29 is 0 Å². The molecular formula is C23H20Cl2N6O2. The molecular weight excluding hydrogens is 463 g/mol. The Morgan fingerprint density at radius 3 is 2.42 bits per heavy atom. The summed E-state index contributed by atoms with van der Waals surface area (Å²) >= 11 is 12.4. The van der Waals surface area contributed by atoms with E-state index in [0.29, 0.717) is 52.8 Å². The van der Waals surface area contributed by atoms with E-state index in [4.69, 9.17) is 23.2 Å². The Balaban J connectivity index is 1.29. The highest BCUT2D eigenvalue weighted by molar-refractivity contribution is 6.33. The molecule has 0 saturated carbocycles. The quantitative estimate of drug-likeness (QED) is 0.480. The van der Waals surface area contributed by atoms with Crippen molar-refractivity contribution in [2.45, 2.75) is 6.54 Å². The number of benzene rings is 2. The molecule has 4 aromatic rings. The molecule has 1 saturated heterocycles. The topological polar surface area (TPSA) is 87.1 Å². The fraction of sp³-hybridized carbons (Fsp3) is 0.217. The van der Waals surface area contributed by atoms with Crippen LogP contribution in [0.5, 0.6) is 0 Å². The van der Waals surface area contributed by atoms with Crippen molar-refractivity contribution in [1.29, 1.82) is 0 Å². The summed E-state index contributed by atoms with van der Waals surface area (Å²) in [4.78, 5) is 36.9. The number of aromatic nitrogens is 4. The third kappa shape index (κ3) is 4.37. The Hall–Kier alpha value is -3.20. The summed E-state index contributed by atoms with van der Waals surface area (Å²) < 4.78 is 1.26. The zero-order valence-electron chi connectivity index (χ0n) is 17.5. The first-order valence-corrected chi connectivity index (χ1v) is 11.2. The number of fused-ring (bicyclic) bond motifs is 1. The van der Waals surface area contributed by atoms with Crippen molar-refractivity contribution in [2.75, 3.05) is 31.1 Å². The molecule has 10 heteroatoms. The number of nitrogens with zero attached hydrogens (tertiary/aromatic N) is 5. The zero-order valence-corrected chi connectivity index (χ0v) is 19.1. The van der Waals surface area contributed by atoms with Crippen LogP contribution >= 0.6 is 23.2 Å². The van der Waals surface area contributed by atoms with E-state index in [1.807, 2.05) is 18.2 Å². The third-order valence-corrected chi connectivity index (χ3v) is 6.33. The molecule has 0 atom stereocenters. The minimum Gasteiger partial charge on any atom is -0.366 e. The second-order valence-electron chi connectivity index (χ2n) is 7.83. The van der Waals surface area contributed by atoms with Gasteiger partial charge in [-0.3, -0.25) is 14.5 Å². The predicted octanol–water partition coefficient (Wildman–Crippen LogP) is 3.10. The van der Waals surface area contributed by atoms with E-state index in [-0.39, 0.29) is 16.1 Å². The molecule has 1 fully saturated rings. The van der Waals surface area contributed by atoms with E-state index in [1.165, 1.54) is 4.68 Å². The Morgan fingerprint density at radius 2 is 1.67 bits per heavy atom. The fourth-order valence-corrected chi connectivity index (χ4v) is 4.35. The smallest absolute Gasteiger partial charge is 0.292 e. The minimum atomic E-state index is -0.378. The summed E-state index contributed by atoms with van der Waals surface area (Å²) in [5.41, 5.74) is 1.39. The molecule has 0 bridgehead atoms. The second-order valence-corrected chi connectivity index (χ2v) is 8.64. The standard InChI is InChI=1S/C23H20Cl2N6O2/c24-15-5-7-16(8-6-15)31-23(33)21(25)19(13-26-31)30-11-9-29(10-12-30)14-20-27-18-4-2-1-3-17(18)22(32)28-20/h1-8,13H,9-12,14H2,(H,27,28,32). The Labute approximate surface area is 199 Å². The lowest BCUT2D eigenvalue weighted by molar-refractivity contribution is 0.244. The predicted molar refractivity (Wildman–Crippen MR) is 130 cm³/mol. The van der Waals surface area contributed by atoms with Gasteiger partial charge in [0.05, 0.1) is 35.0 Å². The average molecular weight is 483 g/mol. The van der Waals surface area contributed by atoms with Crippen LogP contribution in [-0.2, 0) is 6.54 Å². The average Bonchev–Trinajstić information content (AvgIpc) is 2.82. The first-order valence-electron chi connectivity index (χ1n) is 10.5. The third-order valence-electron chi connectivity index (χ3n) is 5.72. The number of halogens is 2. The zero-order chi connectivity index (χ0) is 22.9. The lowest BCUT2D eigenvalue weighted by Crippen LogP contribution is -2.47. The van der Waals surface area contributed by atoms with Crippen LogP contribution in [0.25, 0.3) is 16.6 Å². The highest BCUT2D eigenvalue weighted by Crippen LogP contribution is 2.23. The first kappa shape index (κ1) is 21.6. The molecule has 2 aromatic heterocycles. The van der Waals surface area contributed by atoms with E-state index >= 15 is 0 Å². The summed E-state index contributed by atoms with van der Waals surface area (Å²) in [7, 11) is 0. The molecule has 0 spiro atoms. The maximum Gasteiger partial charge on any atom is 0.292 e. The van der Waals surface area contributed by atoms with Gasteiger partial charge < -0.3 is 9.88 Å². The van der Waals surface area contributed by atoms with Crippen LogP contribution in [-0.4, -0.2) is 50.8 Å². The number of anilines is 1. The molecule has 1 N–H and O–H groups in total. The van der Waals surface area contributed by atoms with Crippen molar-refractivity contribution in [2.24, 2.45) is 0 Å². The molecule has 0 aliphatic carbocycles. The number of aromatic amines is 1. The second kappa shape index (κ2) is 8.97. The number of para-hydroxylation sites is 1. The van der Waals surface area contributed by atoms with Crippen LogP contribution in [0, 0.1) is 0 Å². The molecule has 33 heavy (non-hydrogen) atoms. The van der Waals surface area contributed by atoms with Gasteiger partial charge in [0.15, 0.2) is 0 Å². The molecule has 0 unspecified atom stereocenters. The van der Waals surface area contributed by atoms with Gasteiger partial charge in [-0.05, 0) is 36.4 Å².